The molecule has 25 heavy (non-hydrogen) atoms. The smallest absolute Gasteiger partial charge is 0.358 e. The van der Waals surface area contributed by atoms with E-state index in [1.54, 1.807) is 12.1 Å². The normalized spacial score (nSPS) is 15.2. The molecule has 0 unspecified atom stereocenters. The Balaban J connectivity index is 1.66. The van der Waals surface area contributed by atoms with Crippen molar-refractivity contribution in [2.45, 2.75) is 11.8 Å². The van der Waals surface area contributed by atoms with E-state index < -0.39 is 10.1 Å². The minimum Gasteiger partial charge on any atom is -0.486 e. The third-order valence-electron chi connectivity index (χ3n) is 4.10. The molecule has 3 aromatic rings. The summed E-state index contributed by atoms with van der Waals surface area (Å²) < 4.78 is 35.1. The SMILES string of the molecule is Cc1ccc(S(=O)(=O)O/N=C2\COc3c2ccc2ccccc32)cc1. The molecule has 1 heterocycles. The highest BCUT2D eigenvalue weighted by molar-refractivity contribution is 7.86. The van der Waals surface area contributed by atoms with Gasteiger partial charge in [0.1, 0.15) is 23.0 Å². The first-order valence-electron chi connectivity index (χ1n) is 7.77. The number of oxime groups is 1. The minimum atomic E-state index is -3.95. The highest BCUT2D eigenvalue weighted by Crippen LogP contribution is 2.34. The number of nitrogens with zero attached hydrogens (tertiary/aromatic N) is 1. The Morgan fingerprint density at radius 2 is 1.76 bits per heavy atom. The Hall–Kier alpha value is -2.86. The summed E-state index contributed by atoms with van der Waals surface area (Å²) in [6, 6.07) is 18.1. The summed E-state index contributed by atoms with van der Waals surface area (Å²) in [5, 5.41) is 5.86. The van der Waals surface area contributed by atoms with Crippen molar-refractivity contribution < 1.29 is 17.4 Å². The van der Waals surface area contributed by atoms with Gasteiger partial charge in [-0.05, 0) is 30.5 Å². The summed E-state index contributed by atoms with van der Waals surface area (Å²) in [5.41, 5.74) is 2.17. The summed E-state index contributed by atoms with van der Waals surface area (Å²) in [6.07, 6.45) is 0. The molecule has 0 radical (unpaired) electrons. The lowest BCUT2D eigenvalue weighted by Gasteiger charge is -2.04. The van der Waals surface area contributed by atoms with Crippen LogP contribution in [0.1, 0.15) is 11.1 Å². The molecule has 0 aliphatic carbocycles. The van der Waals surface area contributed by atoms with Crippen LogP contribution in [0.5, 0.6) is 5.75 Å². The van der Waals surface area contributed by atoms with E-state index in [1.165, 1.54) is 12.1 Å². The molecule has 0 N–H and O–H groups in total. The number of aryl methyl sites for hydroxylation is 1. The van der Waals surface area contributed by atoms with Crippen molar-refractivity contribution in [1.82, 2.24) is 0 Å². The lowest BCUT2D eigenvalue weighted by molar-refractivity contribution is 0.333. The number of fused-ring (bicyclic) bond motifs is 3. The largest absolute Gasteiger partial charge is 0.486 e. The van der Waals surface area contributed by atoms with Gasteiger partial charge in [0.25, 0.3) is 0 Å². The molecule has 3 aromatic carbocycles. The van der Waals surface area contributed by atoms with Gasteiger partial charge in [-0.1, -0.05) is 53.2 Å². The van der Waals surface area contributed by atoms with E-state index in [0.29, 0.717) is 11.5 Å². The van der Waals surface area contributed by atoms with Crippen LogP contribution < -0.4 is 4.74 Å². The van der Waals surface area contributed by atoms with Crippen LogP contribution in [0.25, 0.3) is 10.8 Å². The van der Waals surface area contributed by atoms with Gasteiger partial charge in [0.05, 0.1) is 0 Å². The summed E-state index contributed by atoms with van der Waals surface area (Å²) in [5.74, 6) is 0.702. The van der Waals surface area contributed by atoms with E-state index in [1.807, 2.05) is 43.3 Å². The zero-order valence-electron chi connectivity index (χ0n) is 13.5. The summed E-state index contributed by atoms with van der Waals surface area (Å²) in [4.78, 5) is 0.0695. The Bertz CT molecular complexity index is 1090. The molecule has 6 heteroatoms. The van der Waals surface area contributed by atoms with Gasteiger partial charge in [-0.15, -0.1) is 0 Å². The van der Waals surface area contributed by atoms with Gasteiger partial charge in [-0.25, -0.2) is 0 Å². The molecule has 4 rings (SSSR count). The first kappa shape index (κ1) is 15.7. The third-order valence-corrected chi connectivity index (χ3v) is 5.22. The zero-order valence-corrected chi connectivity index (χ0v) is 14.3. The van der Waals surface area contributed by atoms with E-state index >= 15 is 0 Å². The zero-order chi connectivity index (χ0) is 17.4. The first-order chi connectivity index (χ1) is 12.0. The molecule has 0 spiro atoms. The predicted molar refractivity (Wildman–Crippen MR) is 95.4 cm³/mol. The van der Waals surface area contributed by atoms with Crippen LogP contribution in [-0.4, -0.2) is 20.7 Å². The Labute approximate surface area is 145 Å². The lowest BCUT2D eigenvalue weighted by Crippen LogP contribution is -2.08. The topological polar surface area (TPSA) is 65.0 Å². The highest BCUT2D eigenvalue weighted by atomic mass is 32.2. The van der Waals surface area contributed by atoms with Crippen molar-refractivity contribution in [3.63, 3.8) is 0 Å². The van der Waals surface area contributed by atoms with Crippen LogP contribution in [0, 0.1) is 6.92 Å². The number of hydrogen-bond donors (Lipinski definition) is 0. The monoisotopic (exact) mass is 353 g/mol. The Morgan fingerprint density at radius 1 is 1.00 bits per heavy atom. The second kappa shape index (κ2) is 5.89. The molecule has 0 bridgehead atoms. The quantitative estimate of drug-likeness (QED) is 0.674. The molecule has 5 nitrogen and oxygen atoms in total. The van der Waals surface area contributed by atoms with E-state index in [9.17, 15) is 8.42 Å². The highest BCUT2D eigenvalue weighted by Gasteiger charge is 2.24. The summed E-state index contributed by atoms with van der Waals surface area (Å²) in [6.45, 7) is 2.06. The maximum atomic E-state index is 12.3. The van der Waals surface area contributed by atoms with Crippen molar-refractivity contribution in [1.29, 1.82) is 0 Å². The van der Waals surface area contributed by atoms with Crippen LogP contribution in [0.4, 0.5) is 0 Å². The van der Waals surface area contributed by atoms with Gasteiger partial charge in [0, 0.05) is 10.9 Å². The fourth-order valence-electron chi connectivity index (χ4n) is 2.76. The van der Waals surface area contributed by atoms with Crippen LogP contribution in [-0.2, 0) is 14.4 Å². The van der Waals surface area contributed by atoms with Gasteiger partial charge in [0.15, 0.2) is 0 Å². The van der Waals surface area contributed by atoms with Gasteiger partial charge < -0.3 is 4.74 Å². The fraction of sp³-hybridized carbons (Fsp3) is 0.105. The summed E-state index contributed by atoms with van der Waals surface area (Å²) in [7, 11) is -3.95. The van der Waals surface area contributed by atoms with E-state index in [2.05, 4.69) is 5.16 Å². The molecule has 0 aromatic heterocycles. The van der Waals surface area contributed by atoms with Crippen molar-refractivity contribution in [3.8, 4) is 5.75 Å². The molecule has 1 aliphatic heterocycles. The Morgan fingerprint density at radius 3 is 2.56 bits per heavy atom. The van der Waals surface area contributed by atoms with Crippen molar-refractivity contribution in [3.05, 3.63) is 71.8 Å². The minimum absolute atomic E-state index is 0.0695. The van der Waals surface area contributed by atoms with Crippen LogP contribution in [0.15, 0.2) is 70.7 Å². The molecule has 0 saturated carbocycles. The third kappa shape index (κ3) is 2.85. The van der Waals surface area contributed by atoms with Crippen molar-refractivity contribution in [2.75, 3.05) is 6.61 Å². The Kier molecular flexibility index (Phi) is 3.69. The number of rotatable bonds is 3. The van der Waals surface area contributed by atoms with Crippen LogP contribution >= 0.6 is 0 Å². The van der Waals surface area contributed by atoms with E-state index in [-0.39, 0.29) is 11.5 Å². The molecular formula is C19H15NO4S. The molecule has 0 saturated heterocycles. The average molecular weight is 353 g/mol. The van der Waals surface area contributed by atoms with Crippen molar-refractivity contribution >= 4 is 26.6 Å². The second-order valence-corrected chi connectivity index (χ2v) is 7.36. The maximum absolute atomic E-state index is 12.3. The maximum Gasteiger partial charge on any atom is 0.358 e. The number of hydrogen-bond acceptors (Lipinski definition) is 5. The van der Waals surface area contributed by atoms with E-state index in [0.717, 1.165) is 21.9 Å². The number of benzene rings is 3. The van der Waals surface area contributed by atoms with Gasteiger partial charge >= 0.3 is 10.1 Å². The molecule has 0 atom stereocenters. The molecular weight excluding hydrogens is 338 g/mol. The number of ether oxygens (including phenoxy) is 1. The lowest BCUT2D eigenvalue weighted by atomic mass is 10.0. The summed E-state index contributed by atoms with van der Waals surface area (Å²) >= 11 is 0. The second-order valence-electron chi connectivity index (χ2n) is 5.83. The molecule has 0 amide bonds. The molecule has 0 fully saturated rings. The molecule has 126 valence electrons. The van der Waals surface area contributed by atoms with Crippen LogP contribution in [0.3, 0.4) is 0 Å². The van der Waals surface area contributed by atoms with Gasteiger partial charge in [-0.2, -0.15) is 8.42 Å². The first-order valence-corrected chi connectivity index (χ1v) is 9.17. The predicted octanol–water partition coefficient (Wildman–Crippen LogP) is 3.65. The van der Waals surface area contributed by atoms with Gasteiger partial charge in [-0.3, -0.25) is 4.28 Å². The molecule has 1 aliphatic rings. The van der Waals surface area contributed by atoms with Gasteiger partial charge in [0.2, 0.25) is 0 Å². The van der Waals surface area contributed by atoms with Crippen molar-refractivity contribution in [2.24, 2.45) is 5.16 Å². The standard InChI is InChI=1S/C19H15NO4S/c1-13-6-9-15(10-7-13)25(21,22)24-20-18-12-23-19-16-5-3-2-4-14(16)8-11-17(18)19/h2-11H,12H2,1H3/b20-18+. The average Bonchev–Trinajstić information content (AvgIpc) is 3.04. The fourth-order valence-corrected chi connectivity index (χ4v) is 3.51. The van der Waals surface area contributed by atoms with E-state index in [4.69, 9.17) is 9.02 Å². The van der Waals surface area contributed by atoms with Crippen LogP contribution in [0.2, 0.25) is 0 Å².